The number of carbonyl (C=O) groups is 1. The fourth-order valence-corrected chi connectivity index (χ4v) is 6.73. The molecule has 1 unspecified atom stereocenters. The second kappa shape index (κ2) is 12.0. The number of aromatic nitrogens is 2. The number of nitrogens with zero attached hydrogens (tertiary/aromatic N) is 2. The van der Waals surface area contributed by atoms with Crippen LogP contribution < -0.4 is 10.6 Å². The number of aromatic amines is 1. The third-order valence-electron chi connectivity index (χ3n) is 8.03. The van der Waals surface area contributed by atoms with Gasteiger partial charge in [-0.25, -0.2) is 13.4 Å². The summed E-state index contributed by atoms with van der Waals surface area (Å²) in [6.07, 6.45) is 5.04. The van der Waals surface area contributed by atoms with Crippen molar-refractivity contribution in [1.29, 1.82) is 0 Å². The number of sulfone groups is 1. The van der Waals surface area contributed by atoms with Crippen LogP contribution in [0.15, 0.2) is 79.0 Å². The molecule has 2 saturated heterocycles. The van der Waals surface area contributed by atoms with Crippen molar-refractivity contribution in [2.75, 3.05) is 43.0 Å². The molecule has 41 heavy (non-hydrogen) atoms. The van der Waals surface area contributed by atoms with E-state index in [1.54, 1.807) is 0 Å². The van der Waals surface area contributed by atoms with Crippen LogP contribution in [0.25, 0.3) is 22.4 Å². The molecule has 2 aliphatic heterocycles. The van der Waals surface area contributed by atoms with Gasteiger partial charge in [-0.2, -0.15) is 0 Å². The van der Waals surface area contributed by atoms with Gasteiger partial charge in [0.25, 0.3) is 5.91 Å². The first-order chi connectivity index (χ1) is 19.9. The molecule has 1 aromatic heterocycles. The van der Waals surface area contributed by atoms with Gasteiger partial charge >= 0.3 is 0 Å². The van der Waals surface area contributed by atoms with Crippen LogP contribution in [-0.2, 0) is 16.3 Å². The fourth-order valence-electron chi connectivity index (χ4n) is 5.45. The number of benzene rings is 3. The van der Waals surface area contributed by atoms with Crippen LogP contribution in [0.1, 0.15) is 40.6 Å². The average molecular weight is 570 g/mol. The Morgan fingerprint density at radius 2 is 1.56 bits per heavy atom. The SMILES string of the molecule is O=C(Nc1ccc(CCN2CCS(=O)(=O)CC2)cc1)c1ccc(-c2ccc(-c3cnc(C4CCCN4)[nH]3)cc2)cc1. The highest BCUT2D eigenvalue weighted by Crippen LogP contribution is 2.27. The highest BCUT2D eigenvalue weighted by molar-refractivity contribution is 7.91. The minimum atomic E-state index is -2.85. The predicted octanol–water partition coefficient (Wildman–Crippen LogP) is 4.69. The Bertz CT molecular complexity index is 1580. The van der Waals surface area contributed by atoms with Crippen molar-refractivity contribution in [1.82, 2.24) is 20.2 Å². The standard InChI is InChI=1S/C32H35N5O3S/c38-32(35-28-13-3-23(4-14-28)15-17-37-18-20-41(39,40)21-19-37)27-11-7-25(8-12-27)24-5-9-26(10-6-24)30-22-34-31(36-30)29-2-1-16-33-29/h3-14,22,29,33H,1-2,15-21H2,(H,34,36)(H,35,38). The molecule has 3 N–H and O–H groups in total. The van der Waals surface area contributed by atoms with Gasteiger partial charge in [0.1, 0.15) is 5.82 Å². The number of amides is 1. The summed E-state index contributed by atoms with van der Waals surface area (Å²) in [6.45, 7) is 3.08. The lowest BCUT2D eigenvalue weighted by atomic mass is 10.0. The predicted molar refractivity (Wildman–Crippen MR) is 163 cm³/mol. The summed E-state index contributed by atoms with van der Waals surface area (Å²) >= 11 is 0. The maximum absolute atomic E-state index is 12.8. The second-order valence-corrected chi connectivity index (χ2v) is 13.2. The molecule has 0 saturated carbocycles. The average Bonchev–Trinajstić information content (AvgIpc) is 3.71. The lowest BCUT2D eigenvalue weighted by molar-refractivity contribution is 0.102. The molecule has 4 aromatic rings. The Balaban J connectivity index is 1.02. The van der Waals surface area contributed by atoms with Crippen molar-refractivity contribution in [3.63, 3.8) is 0 Å². The molecule has 1 amide bonds. The van der Waals surface area contributed by atoms with E-state index in [-0.39, 0.29) is 17.4 Å². The number of nitrogens with one attached hydrogen (secondary N) is 3. The lowest BCUT2D eigenvalue weighted by Gasteiger charge is -2.26. The van der Waals surface area contributed by atoms with E-state index in [9.17, 15) is 13.2 Å². The topological polar surface area (TPSA) is 107 Å². The van der Waals surface area contributed by atoms with Gasteiger partial charge in [-0.05, 0) is 72.3 Å². The molecule has 3 aromatic carbocycles. The Labute approximate surface area is 241 Å². The fraction of sp³-hybridized carbons (Fsp3) is 0.312. The lowest BCUT2D eigenvalue weighted by Crippen LogP contribution is -2.41. The summed E-state index contributed by atoms with van der Waals surface area (Å²) in [4.78, 5) is 23.1. The van der Waals surface area contributed by atoms with Crippen molar-refractivity contribution in [3.8, 4) is 22.4 Å². The number of imidazole rings is 1. The number of anilines is 1. The van der Waals surface area contributed by atoms with Crippen LogP contribution in [0, 0.1) is 0 Å². The van der Waals surface area contributed by atoms with E-state index in [4.69, 9.17) is 0 Å². The van der Waals surface area contributed by atoms with E-state index in [1.807, 2.05) is 54.7 Å². The molecule has 6 rings (SSSR count). The first-order valence-corrected chi connectivity index (χ1v) is 16.1. The van der Waals surface area contributed by atoms with Crippen LogP contribution in [0.3, 0.4) is 0 Å². The van der Waals surface area contributed by atoms with Crippen LogP contribution in [0.4, 0.5) is 5.69 Å². The van der Waals surface area contributed by atoms with Gasteiger partial charge in [-0.15, -0.1) is 0 Å². The minimum absolute atomic E-state index is 0.152. The quantitative estimate of drug-likeness (QED) is 0.284. The van der Waals surface area contributed by atoms with E-state index in [0.29, 0.717) is 24.7 Å². The second-order valence-electron chi connectivity index (χ2n) is 10.9. The first-order valence-electron chi connectivity index (χ1n) is 14.2. The normalized spacial score (nSPS) is 18.8. The van der Waals surface area contributed by atoms with Gasteiger partial charge in [0.2, 0.25) is 0 Å². The van der Waals surface area contributed by atoms with E-state index in [1.165, 1.54) is 6.42 Å². The summed E-state index contributed by atoms with van der Waals surface area (Å²) in [6, 6.07) is 24.2. The zero-order valence-electron chi connectivity index (χ0n) is 23.0. The molecule has 0 radical (unpaired) electrons. The monoisotopic (exact) mass is 569 g/mol. The van der Waals surface area contributed by atoms with Crippen molar-refractivity contribution >= 4 is 21.4 Å². The van der Waals surface area contributed by atoms with Crippen LogP contribution >= 0.6 is 0 Å². The number of H-pyrrole nitrogens is 1. The Morgan fingerprint density at radius 1 is 0.902 bits per heavy atom. The molecule has 0 spiro atoms. The molecular formula is C32H35N5O3S. The Hall–Kier alpha value is -3.79. The number of rotatable bonds is 8. The number of hydrogen-bond acceptors (Lipinski definition) is 6. The van der Waals surface area contributed by atoms with Crippen molar-refractivity contribution < 1.29 is 13.2 Å². The number of hydrogen-bond donors (Lipinski definition) is 3. The number of carbonyl (C=O) groups excluding carboxylic acids is 1. The Kier molecular flexibility index (Phi) is 8.00. The summed E-state index contributed by atoms with van der Waals surface area (Å²) in [5.74, 6) is 1.34. The third-order valence-corrected chi connectivity index (χ3v) is 9.64. The van der Waals surface area contributed by atoms with Gasteiger partial charge in [0.05, 0.1) is 29.4 Å². The summed E-state index contributed by atoms with van der Waals surface area (Å²) in [5, 5.41) is 6.45. The molecular weight excluding hydrogens is 534 g/mol. The smallest absolute Gasteiger partial charge is 0.255 e. The molecule has 1 atom stereocenters. The molecule has 2 fully saturated rings. The Morgan fingerprint density at radius 3 is 2.22 bits per heavy atom. The van der Waals surface area contributed by atoms with E-state index in [2.05, 4.69) is 49.8 Å². The summed E-state index contributed by atoms with van der Waals surface area (Å²) < 4.78 is 23.2. The van der Waals surface area contributed by atoms with E-state index in [0.717, 1.165) is 65.4 Å². The van der Waals surface area contributed by atoms with Crippen molar-refractivity contribution in [3.05, 3.63) is 95.9 Å². The van der Waals surface area contributed by atoms with Gasteiger partial charge in [-0.3, -0.25) is 4.79 Å². The van der Waals surface area contributed by atoms with Gasteiger partial charge in [-0.1, -0.05) is 48.5 Å². The highest BCUT2D eigenvalue weighted by atomic mass is 32.2. The van der Waals surface area contributed by atoms with E-state index >= 15 is 0 Å². The molecule has 212 valence electrons. The zero-order chi connectivity index (χ0) is 28.2. The highest BCUT2D eigenvalue weighted by Gasteiger charge is 2.21. The zero-order valence-corrected chi connectivity index (χ0v) is 23.8. The third kappa shape index (κ3) is 6.75. The molecule has 9 heteroatoms. The molecule has 8 nitrogen and oxygen atoms in total. The van der Waals surface area contributed by atoms with Gasteiger partial charge < -0.3 is 20.5 Å². The van der Waals surface area contributed by atoms with Gasteiger partial charge in [0, 0.05) is 30.9 Å². The molecule has 2 aliphatic rings. The molecule has 0 aliphatic carbocycles. The molecule has 0 bridgehead atoms. The summed E-state index contributed by atoms with van der Waals surface area (Å²) in [7, 11) is -2.85. The minimum Gasteiger partial charge on any atom is -0.341 e. The van der Waals surface area contributed by atoms with Crippen LogP contribution in [-0.4, -0.2) is 66.9 Å². The maximum Gasteiger partial charge on any atom is 0.255 e. The van der Waals surface area contributed by atoms with Crippen molar-refractivity contribution in [2.45, 2.75) is 25.3 Å². The summed E-state index contributed by atoms with van der Waals surface area (Å²) in [5.41, 5.74) is 6.73. The van der Waals surface area contributed by atoms with Gasteiger partial charge in [0.15, 0.2) is 9.84 Å². The largest absolute Gasteiger partial charge is 0.341 e. The van der Waals surface area contributed by atoms with E-state index < -0.39 is 9.84 Å². The maximum atomic E-state index is 12.8. The van der Waals surface area contributed by atoms with Crippen LogP contribution in [0.2, 0.25) is 0 Å². The van der Waals surface area contributed by atoms with Crippen LogP contribution in [0.5, 0.6) is 0 Å². The van der Waals surface area contributed by atoms with Crippen molar-refractivity contribution in [2.24, 2.45) is 0 Å². The molecule has 3 heterocycles. The first kappa shape index (κ1) is 27.4.